The van der Waals surface area contributed by atoms with E-state index in [-0.39, 0.29) is 23.5 Å². The second-order valence-corrected chi connectivity index (χ2v) is 7.21. The van der Waals surface area contributed by atoms with Crippen molar-refractivity contribution in [1.82, 2.24) is 20.4 Å². The molecule has 10 heteroatoms. The molecule has 0 unspecified atom stereocenters. The third-order valence-electron chi connectivity index (χ3n) is 4.40. The first-order chi connectivity index (χ1) is 12.0. The molecular formula is C15H15N5O4S. The zero-order valence-electron chi connectivity index (χ0n) is 13.3. The second kappa shape index (κ2) is 5.66. The molecule has 4 amide bonds. The average molecular weight is 361 g/mol. The molecule has 9 nitrogen and oxygen atoms in total. The molecule has 0 spiro atoms. The predicted octanol–water partition coefficient (Wildman–Crippen LogP) is 1.46. The zero-order chi connectivity index (χ0) is 17.6. The molecule has 2 aliphatic rings. The fourth-order valence-corrected chi connectivity index (χ4v) is 3.60. The van der Waals surface area contributed by atoms with Gasteiger partial charge in [0.15, 0.2) is 10.8 Å². The number of hydrogen-bond donors (Lipinski definition) is 2. The van der Waals surface area contributed by atoms with Crippen LogP contribution in [-0.2, 0) is 9.59 Å². The quantitative estimate of drug-likeness (QED) is 0.779. The minimum absolute atomic E-state index is 0.149. The minimum atomic E-state index is -0.896. The van der Waals surface area contributed by atoms with E-state index in [0.717, 1.165) is 29.1 Å². The molecule has 1 saturated carbocycles. The van der Waals surface area contributed by atoms with Gasteiger partial charge in [-0.15, -0.1) is 10.2 Å². The normalized spacial score (nSPS) is 23.0. The van der Waals surface area contributed by atoms with E-state index in [4.69, 9.17) is 4.42 Å². The molecule has 3 heterocycles. The summed E-state index contributed by atoms with van der Waals surface area (Å²) in [7, 11) is 0. The number of furan rings is 1. The summed E-state index contributed by atoms with van der Waals surface area (Å²) >= 11 is 1.14. The molecule has 130 valence electrons. The van der Waals surface area contributed by atoms with Gasteiger partial charge in [-0.2, -0.15) is 0 Å². The average Bonchev–Trinajstić information content (AvgIpc) is 3.02. The Balaban J connectivity index is 1.41. The van der Waals surface area contributed by atoms with Crippen molar-refractivity contribution in [2.24, 2.45) is 5.92 Å². The Morgan fingerprint density at radius 3 is 2.96 bits per heavy atom. The lowest BCUT2D eigenvalue weighted by Gasteiger charge is -2.20. The molecule has 0 bridgehead atoms. The number of anilines is 1. The molecule has 25 heavy (non-hydrogen) atoms. The number of carbonyl (C=O) groups is 3. The van der Waals surface area contributed by atoms with Gasteiger partial charge in [0.05, 0.1) is 6.26 Å². The van der Waals surface area contributed by atoms with E-state index >= 15 is 0 Å². The van der Waals surface area contributed by atoms with Crippen LogP contribution in [0.25, 0.3) is 10.8 Å². The van der Waals surface area contributed by atoms with Crippen LogP contribution < -0.4 is 10.6 Å². The van der Waals surface area contributed by atoms with Crippen molar-refractivity contribution in [3.05, 3.63) is 18.4 Å². The Bertz CT molecular complexity index is 844. The molecular weight excluding hydrogens is 346 g/mol. The van der Waals surface area contributed by atoms with E-state index in [1.54, 1.807) is 19.1 Å². The number of carbonyl (C=O) groups excluding carboxylic acids is 3. The van der Waals surface area contributed by atoms with Crippen LogP contribution in [0, 0.1) is 5.92 Å². The maximum absolute atomic E-state index is 12.5. The lowest BCUT2D eigenvalue weighted by molar-refractivity contribution is -0.134. The monoisotopic (exact) mass is 361 g/mol. The highest BCUT2D eigenvalue weighted by Crippen LogP contribution is 2.42. The summed E-state index contributed by atoms with van der Waals surface area (Å²) in [6.45, 7) is 1.35. The number of urea groups is 1. The van der Waals surface area contributed by atoms with E-state index in [0.29, 0.717) is 10.8 Å². The van der Waals surface area contributed by atoms with Gasteiger partial charge in [-0.1, -0.05) is 11.3 Å². The number of nitrogens with one attached hydrogen (secondary N) is 2. The van der Waals surface area contributed by atoms with Crippen molar-refractivity contribution in [2.45, 2.75) is 25.3 Å². The van der Waals surface area contributed by atoms with Gasteiger partial charge in [0.25, 0.3) is 5.91 Å². The van der Waals surface area contributed by atoms with Crippen LogP contribution in [0.5, 0.6) is 0 Å². The van der Waals surface area contributed by atoms with Crippen LogP contribution in [0.15, 0.2) is 22.8 Å². The molecule has 1 aliphatic carbocycles. The van der Waals surface area contributed by atoms with Crippen LogP contribution >= 0.6 is 11.3 Å². The van der Waals surface area contributed by atoms with Gasteiger partial charge in [-0.25, -0.2) is 4.79 Å². The number of nitrogens with zero attached hydrogens (tertiary/aromatic N) is 3. The highest BCUT2D eigenvalue weighted by Gasteiger charge is 2.56. The molecule has 0 aromatic carbocycles. The predicted molar refractivity (Wildman–Crippen MR) is 87.6 cm³/mol. The standard InChI is InChI=1S/C15H15N5O4S/c1-15(8-4-5-8)12(22)20(14(23)17-15)7-10(21)16-13-19-18-11(25-13)9-3-2-6-24-9/h2-3,6,8H,4-5,7H2,1H3,(H,17,23)(H,16,19,21)/t15-/m1/s1. The van der Waals surface area contributed by atoms with Crippen LogP contribution in [-0.4, -0.2) is 45.0 Å². The van der Waals surface area contributed by atoms with Crippen LogP contribution in [0.2, 0.25) is 0 Å². The van der Waals surface area contributed by atoms with Crippen LogP contribution in [0.1, 0.15) is 19.8 Å². The van der Waals surface area contributed by atoms with Crippen molar-refractivity contribution < 1.29 is 18.8 Å². The summed E-state index contributed by atoms with van der Waals surface area (Å²) in [4.78, 5) is 37.7. The van der Waals surface area contributed by atoms with E-state index in [1.807, 2.05) is 0 Å². The Morgan fingerprint density at radius 1 is 1.48 bits per heavy atom. The van der Waals surface area contributed by atoms with Crippen LogP contribution in [0.4, 0.5) is 9.93 Å². The van der Waals surface area contributed by atoms with Crippen molar-refractivity contribution in [3.63, 3.8) is 0 Å². The summed E-state index contributed by atoms with van der Waals surface area (Å²) in [5.41, 5.74) is -0.896. The molecule has 1 saturated heterocycles. The first-order valence-corrected chi connectivity index (χ1v) is 8.60. The number of rotatable bonds is 5. The Hall–Kier alpha value is -2.75. The summed E-state index contributed by atoms with van der Waals surface area (Å²) in [6, 6.07) is 2.92. The van der Waals surface area contributed by atoms with Crippen molar-refractivity contribution in [3.8, 4) is 10.8 Å². The first-order valence-electron chi connectivity index (χ1n) is 7.79. The number of hydrogen-bond acceptors (Lipinski definition) is 7. The molecule has 2 aromatic heterocycles. The first kappa shape index (κ1) is 15.8. The summed E-state index contributed by atoms with van der Waals surface area (Å²) in [5.74, 6) is -0.169. The summed E-state index contributed by atoms with van der Waals surface area (Å²) in [5, 5.41) is 13.8. The fraction of sp³-hybridized carbons (Fsp3) is 0.400. The van der Waals surface area contributed by atoms with E-state index in [2.05, 4.69) is 20.8 Å². The van der Waals surface area contributed by atoms with Gasteiger partial charge in [0, 0.05) is 0 Å². The van der Waals surface area contributed by atoms with Crippen molar-refractivity contribution >= 4 is 34.3 Å². The van der Waals surface area contributed by atoms with Crippen molar-refractivity contribution in [2.75, 3.05) is 11.9 Å². The molecule has 1 atom stereocenters. The molecule has 4 rings (SSSR count). The number of aromatic nitrogens is 2. The summed E-state index contributed by atoms with van der Waals surface area (Å²) < 4.78 is 5.21. The van der Waals surface area contributed by atoms with Gasteiger partial charge >= 0.3 is 6.03 Å². The number of imide groups is 1. The highest BCUT2D eigenvalue weighted by atomic mass is 32.1. The van der Waals surface area contributed by atoms with Gasteiger partial charge in [-0.05, 0) is 37.8 Å². The Morgan fingerprint density at radius 2 is 2.28 bits per heavy atom. The van der Waals surface area contributed by atoms with Gasteiger partial charge in [-0.3, -0.25) is 19.8 Å². The minimum Gasteiger partial charge on any atom is -0.462 e. The van der Waals surface area contributed by atoms with Crippen LogP contribution in [0.3, 0.4) is 0 Å². The Labute approximate surface area is 146 Å². The maximum Gasteiger partial charge on any atom is 0.325 e. The topological polar surface area (TPSA) is 117 Å². The SMILES string of the molecule is C[C@]1(C2CC2)NC(=O)N(CC(=O)Nc2nnc(-c3ccco3)s2)C1=O. The molecule has 2 fully saturated rings. The molecule has 2 aromatic rings. The molecule has 0 radical (unpaired) electrons. The third-order valence-corrected chi connectivity index (χ3v) is 5.25. The lowest BCUT2D eigenvalue weighted by atomic mass is 9.96. The molecule has 1 aliphatic heterocycles. The highest BCUT2D eigenvalue weighted by molar-refractivity contribution is 7.18. The van der Waals surface area contributed by atoms with Crippen molar-refractivity contribution in [1.29, 1.82) is 0 Å². The maximum atomic E-state index is 12.5. The number of amides is 4. The summed E-state index contributed by atoms with van der Waals surface area (Å²) in [6.07, 6.45) is 3.33. The Kier molecular flexibility index (Phi) is 3.57. The smallest absolute Gasteiger partial charge is 0.325 e. The van der Waals surface area contributed by atoms with E-state index in [9.17, 15) is 14.4 Å². The van der Waals surface area contributed by atoms with E-state index in [1.165, 1.54) is 6.26 Å². The fourth-order valence-electron chi connectivity index (χ4n) is 2.87. The van der Waals surface area contributed by atoms with Gasteiger partial charge in [0.1, 0.15) is 12.1 Å². The zero-order valence-corrected chi connectivity index (χ0v) is 14.1. The lowest BCUT2D eigenvalue weighted by Crippen LogP contribution is -2.46. The van der Waals surface area contributed by atoms with Gasteiger partial charge in [0.2, 0.25) is 11.0 Å². The third kappa shape index (κ3) is 2.78. The molecule has 2 N–H and O–H groups in total. The van der Waals surface area contributed by atoms with Gasteiger partial charge < -0.3 is 9.73 Å². The second-order valence-electron chi connectivity index (χ2n) is 6.24. The van der Waals surface area contributed by atoms with E-state index < -0.39 is 17.5 Å². The largest absolute Gasteiger partial charge is 0.462 e.